The van der Waals surface area contributed by atoms with Crippen molar-refractivity contribution in [2.45, 2.75) is 32.7 Å². The second-order valence-electron chi connectivity index (χ2n) is 7.26. The van der Waals surface area contributed by atoms with Crippen molar-refractivity contribution >= 4 is 22.8 Å². The number of carbonyl (C=O) groups excluding carboxylic acids is 2. The van der Waals surface area contributed by atoms with Crippen LogP contribution in [0.4, 0.5) is 0 Å². The molecule has 0 saturated carbocycles. The van der Waals surface area contributed by atoms with Gasteiger partial charge in [-0.2, -0.15) is 0 Å². The molecule has 1 atom stereocenters. The highest BCUT2D eigenvalue weighted by atomic mass is 16.2. The Bertz CT molecular complexity index is 983. The lowest BCUT2D eigenvalue weighted by Gasteiger charge is -2.22. The number of fused-ring (bicyclic) bond motifs is 1. The van der Waals surface area contributed by atoms with Crippen molar-refractivity contribution in [2.75, 3.05) is 6.54 Å². The summed E-state index contributed by atoms with van der Waals surface area (Å²) >= 11 is 0. The number of nitrogens with zero attached hydrogens (tertiary/aromatic N) is 4. The van der Waals surface area contributed by atoms with Crippen LogP contribution in [0.25, 0.3) is 11.0 Å². The van der Waals surface area contributed by atoms with Crippen molar-refractivity contribution in [1.82, 2.24) is 30.2 Å². The Hall–Kier alpha value is -3.29. The average molecular weight is 394 g/mol. The molecule has 8 nitrogen and oxygen atoms in total. The van der Waals surface area contributed by atoms with Crippen LogP contribution in [0.1, 0.15) is 49.0 Å². The molecule has 2 N–H and O–H groups in total. The maximum atomic E-state index is 12.5. The number of nitrogens with one attached hydrogen (secondary N) is 2. The lowest BCUT2D eigenvalue weighted by molar-refractivity contribution is -0.122. The quantitative estimate of drug-likeness (QED) is 0.571. The molecule has 0 bridgehead atoms. The van der Waals surface area contributed by atoms with E-state index in [1.165, 1.54) is 18.6 Å². The fourth-order valence-corrected chi connectivity index (χ4v) is 3.18. The molecule has 0 radical (unpaired) electrons. The van der Waals surface area contributed by atoms with Gasteiger partial charge in [-0.15, -0.1) is 0 Å². The minimum atomic E-state index is -0.293. The number of aryl methyl sites for hydroxylation is 1. The summed E-state index contributed by atoms with van der Waals surface area (Å²) in [5, 5.41) is 5.85. The fraction of sp³-hybridized carbons (Fsp3) is 0.381. The van der Waals surface area contributed by atoms with E-state index in [0.717, 1.165) is 16.9 Å². The van der Waals surface area contributed by atoms with E-state index in [4.69, 9.17) is 4.98 Å². The predicted molar refractivity (Wildman–Crippen MR) is 110 cm³/mol. The molecule has 0 saturated heterocycles. The molecule has 2 heterocycles. The van der Waals surface area contributed by atoms with Crippen LogP contribution in [0.2, 0.25) is 0 Å². The van der Waals surface area contributed by atoms with Crippen LogP contribution in [-0.2, 0) is 11.8 Å². The van der Waals surface area contributed by atoms with Gasteiger partial charge in [0.1, 0.15) is 11.5 Å². The maximum absolute atomic E-state index is 12.5. The van der Waals surface area contributed by atoms with Crippen LogP contribution in [0.3, 0.4) is 0 Å². The number of hydrogen-bond donors (Lipinski definition) is 2. The number of imidazole rings is 1. The van der Waals surface area contributed by atoms with Gasteiger partial charge in [0, 0.05) is 32.4 Å². The Morgan fingerprint density at radius 1 is 1.17 bits per heavy atom. The molecule has 0 fully saturated rings. The number of rotatable bonds is 8. The second-order valence-corrected chi connectivity index (χ2v) is 7.26. The second kappa shape index (κ2) is 9.27. The molecule has 2 amide bonds. The van der Waals surface area contributed by atoms with E-state index in [9.17, 15) is 9.59 Å². The number of aromatic nitrogens is 4. The van der Waals surface area contributed by atoms with E-state index < -0.39 is 0 Å². The fourth-order valence-electron chi connectivity index (χ4n) is 3.18. The zero-order valence-electron chi connectivity index (χ0n) is 16.9. The lowest BCUT2D eigenvalue weighted by atomic mass is 10.0. The molecular weight excluding hydrogens is 368 g/mol. The van der Waals surface area contributed by atoms with E-state index in [-0.39, 0.29) is 29.5 Å². The summed E-state index contributed by atoms with van der Waals surface area (Å²) in [4.78, 5) is 37.0. The summed E-state index contributed by atoms with van der Waals surface area (Å²) < 4.78 is 2.03. The molecule has 2 aromatic heterocycles. The van der Waals surface area contributed by atoms with Crippen molar-refractivity contribution in [1.29, 1.82) is 0 Å². The van der Waals surface area contributed by atoms with Crippen LogP contribution in [-0.4, -0.2) is 37.9 Å². The summed E-state index contributed by atoms with van der Waals surface area (Å²) in [6.07, 6.45) is 5.23. The highest BCUT2D eigenvalue weighted by molar-refractivity contribution is 5.91. The number of carbonyl (C=O) groups is 2. The molecule has 1 unspecified atom stereocenters. The average Bonchev–Trinajstić information content (AvgIpc) is 3.06. The Morgan fingerprint density at radius 3 is 2.66 bits per heavy atom. The lowest BCUT2D eigenvalue weighted by Crippen LogP contribution is -2.34. The van der Waals surface area contributed by atoms with Crippen molar-refractivity contribution in [2.24, 2.45) is 13.0 Å². The van der Waals surface area contributed by atoms with Gasteiger partial charge in [-0.3, -0.25) is 14.6 Å². The van der Waals surface area contributed by atoms with E-state index in [1.54, 1.807) is 0 Å². The molecule has 152 valence electrons. The molecule has 0 aliphatic carbocycles. The first-order valence-electron chi connectivity index (χ1n) is 9.72. The smallest absolute Gasteiger partial charge is 0.271 e. The molecule has 0 spiro atoms. The van der Waals surface area contributed by atoms with E-state index in [1.807, 2.05) is 35.9 Å². The van der Waals surface area contributed by atoms with Gasteiger partial charge in [-0.05, 0) is 24.5 Å². The van der Waals surface area contributed by atoms with Gasteiger partial charge in [-0.25, -0.2) is 9.97 Å². The van der Waals surface area contributed by atoms with Crippen LogP contribution in [0.15, 0.2) is 42.9 Å². The Labute approximate surface area is 169 Å². The Kier molecular flexibility index (Phi) is 6.54. The van der Waals surface area contributed by atoms with Crippen LogP contribution in [0, 0.1) is 5.92 Å². The molecule has 29 heavy (non-hydrogen) atoms. The van der Waals surface area contributed by atoms with Gasteiger partial charge < -0.3 is 15.2 Å². The van der Waals surface area contributed by atoms with Gasteiger partial charge in [0.25, 0.3) is 5.91 Å². The third-order valence-electron chi connectivity index (χ3n) is 4.75. The zero-order valence-corrected chi connectivity index (χ0v) is 16.9. The SMILES string of the molecule is CC(C)C(NC(=O)CCCNC(=O)c1cnccn1)c1nc2ccccc2n1C. The van der Waals surface area contributed by atoms with Gasteiger partial charge in [-0.1, -0.05) is 26.0 Å². The van der Waals surface area contributed by atoms with E-state index >= 15 is 0 Å². The third kappa shape index (κ3) is 4.96. The van der Waals surface area contributed by atoms with Gasteiger partial charge in [0.2, 0.25) is 5.91 Å². The molecule has 0 aliphatic heterocycles. The first-order chi connectivity index (χ1) is 14.0. The van der Waals surface area contributed by atoms with Gasteiger partial charge in [0.15, 0.2) is 0 Å². The van der Waals surface area contributed by atoms with Gasteiger partial charge in [0.05, 0.1) is 23.3 Å². The van der Waals surface area contributed by atoms with Crippen LogP contribution < -0.4 is 10.6 Å². The minimum Gasteiger partial charge on any atom is -0.351 e. The van der Waals surface area contributed by atoms with Crippen molar-refractivity contribution in [3.63, 3.8) is 0 Å². The highest BCUT2D eigenvalue weighted by Crippen LogP contribution is 2.24. The minimum absolute atomic E-state index is 0.0653. The first kappa shape index (κ1) is 20.4. The van der Waals surface area contributed by atoms with Crippen LogP contribution in [0.5, 0.6) is 0 Å². The zero-order chi connectivity index (χ0) is 20.8. The number of hydrogen-bond acceptors (Lipinski definition) is 5. The highest BCUT2D eigenvalue weighted by Gasteiger charge is 2.23. The van der Waals surface area contributed by atoms with E-state index in [2.05, 4.69) is 34.4 Å². The molecule has 3 rings (SSSR count). The largest absolute Gasteiger partial charge is 0.351 e. The number of para-hydroxylation sites is 2. The van der Waals surface area contributed by atoms with Crippen molar-refractivity contribution < 1.29 is 9.59 Å². The third-order valence-corrected chi connectivity index (χ3v) is 4.75. The molecule has 0 aliphatic rings. The molecule has 1 aromatic carbocycles. The monoisotopic (exact) mass is 394 g/mol. The molecule has 3 aromatic rings. The van der Waals surface area contributed by atoms with Crippen LogP contribution >= 0.6 is 0 Å². The first-order valence-corrected chi connectivity index (χ1v) is 9.72. The predicted octanol–water partition coefficient (Wildman–Crippen LogP) is 2.39. The van der Waals surface area contributed by atoms with E-state index in [0.29, 0.717) is 19.4 Å². The van der Waals surface area contributed by atoms with Gasteiger partial charge >= 0.3 is 0 Å². The summed E-state index contributed by atoms with van der Waals surface area (Å²) in [6, 6.07) is 7.74. The topological polar surface area (TPSA) is 102 Å². The molecular formula is C21H26N6O2. The summed E-state index contributed by atoms with van der Waals surface area (Å²) in [7, 11) is 1.97. The molecule has 8 heteroatoms. The number of amides is 2. The Balaban J connectivity index is 1.55. The Morgan fingerprint density at radius 2 is 1.97 bits per heavy atom. The summed E-state index contributed by atoms with van der Waals surface area (Å²) in [6.45, 7) is 4.51. The van der Waals surface area contributed by atoms with Crippen molar-refractivity contribution in [3.8, 4) is 0 Å². The number of benzene rings is 1. The normalized spacial score (nSPS) is 12.1. The summed E-state index contributed by atoms with van der Waals surface area (Å²) in [5.41, 5.74) is 2.21. The maximum Gasteiger partial charge on any atom is 0.271 e. The summed E-state index contributed by atoms with van der Waals surface area (Å²) in [5.74, 6) is 0.666. The standard InChI is InChI=1S/C21H26N6O2/c1-14(2)19(20-25-15-7-4-5-8-17(15)27(20)3)26-18(28)9-6-10-24-21(29)16-13-22-11-12-23-16/h4-5,7-8,11-14,19H,6,9-10H2,1-3H3,(H,24,29)(H,26,28). The van der Waals surface area contributed by atoms with Crippen molar-refractivity contribution in [3.05, 3.63) is 54.4 Å².